The summed E-state index contributed by atoms with van der Waals surface area (Å²) in [6.07, 6.45) is -0.257. The van der Waals surface area contributed by atoms with Crippen LogP contribution in [0.15, 0.2) is 60.7 Å². The van der Waals surface area contributed by atoms with Crippen molar-refractivity contribution in [2.24, 2.45) is 0 Å². The van der Waals surface area contributed by atoms with Crippen LogP contribution in [0.25, 0.3) is 0 Å². The van der Waals surface area contributed by atoms with Gasteiger partial charge in [-0.25, -0.2) is 0 Å². The Morgan fingerprint density at radius 2 is 1.37 bits per heavy atom. The molecule has 1 heterocycles. The van der Waals surface area contributed by atoms with Crippen LogP contribution >= 0.6 is 0 Å². The van der Waals surface area contributed by atoms with Crippen LogP contribution in [-0.2, 0) is 4.74 Å². The van der Waals surface area contributed by atoms with E-state index in [1.54, 1.807) is 0 Å². The fourth-order valence-corrected chi connectivity index (χ4v) is 3.74. The quantitative estimate of drug-likeness (QED) is 0.776. The molecule has 1 fully saturated rings. The van der Waals surface area contributed by atoms with E-state index in [1.807, 2.05) is 13.8 Å². The largest absolute Gasteiger partial charge is 0.389 e. The van der Waals surface area contributed by atoms with E-state index in [9.17, 15) is 5.11 Å². The number of aliphatic hydroxyl groups excluding tert-OH is 1. The first-order chi connectivity index (χ1) is 13.1. The molecule has 0 bridgehead atoms. The van der Waals surface area contributed by atoms with Crippen molar-refractivity contribution in [1.29, 1.82) is 0 Å². The topological polar surface area (TPSA) is 35.9 Å². The Hall–Kier alpha value is -1.72. The number of benzene rings is 2. The fourth-order valence-electron chi connectivity index (χ4n) is 3.74. The molecule has 0 unspecified atom stereocenters. The summed E-state index contributed by atoms with van der Waals surface area (Å²) >= 11 is 0. The highest BCUT2D eigenvalue weighted by Crippen LogP contribution is 2.29. The molecule has 0 amide bonds. The molecule has 2 aromatic rings. The van der Waals surface area contributed by atoms with Gasteiger partial charge in [-0.15, -0.1) is 0 Å². The van der Waals surface area contributed by atoms with E-state index < -0.39 is 6.10 Å². The van der Waals surface area contributed by atoms with Crippen LogP contribution in [0.4, 0.5) is 0 Å². The average Bonchev–Trinajstić information content (AvgIpc) is 2.70. The highest BCUT2D eigenvalue weighted by atomic mass is 16.5. The zero-order chi connectivity index (χ0) is 19.1. The molecule has 3 rings (SSSR count). The second kappa shape index (κ2) is 10.00. The molecule has 146 valence electrons. The molecule has 1 atom stereocenters. The Morgan fingerprint density at radius 3 is 1.85 bits per heavy atom. The van der Waals surface area contributed by atoms with Gasteiger partial charge in [0.15, 0.2) is 0 Å². The maximum Gasteiger partial charge on any atom is 0.0900 e. The summed E-state index contributed by atoms with van der Waals surface area (Å²) in [7, 11) is 0. The van der Waals surface area contributed by atoms with Crippen molar-refractivity contribution >= 4 is 0 Å². The van der Waals surface area contributed by atoms with Crippen molar-refractivity contribution in [2.45, 2.75) is 32.1 Å². The molecule has 1 aliphatic rings. The molecule has 1 saturated heterocycles. The number of aliphatic hydroxyl groups is 1. The lowest BCUT2D eigenvalue weighted by molar-refractivity contribution is -0.0159. The van der Waals surface area contributed by atoms with E-state index in [-0.39, 0.29) is 12.1 Å². The molecule has 2 aromatic carbocycles. The van der Waals surface area contributed by atoms with Crippen LogP contribution in [0.3, 0.4) is 0 Å². The molecule has 4 nitrogen and oxygen atoms in total. The van der Waals surface area contributed by atoms with E-state index in [0.717, 1.165) is 26.2 Å². The van der Waals surface area contributed by atoms with E-state index in [2.05, 4.69) is 70.5 Å². The zero-order valence-electron chi connectivity index (χ0n) is 16.5. The highest BCUT2D eigenvalue weighted by molar-refractivity contribution is 5.31. The monoisotopic (exact) mass is 368 g/mol. The van der Waals surface area contributed by atoms with Gasteiger partial charge in [-0.05, 0) is 25.0 Å². The van der Waals surface area contributed by atoms with Crippen molar-refractivity contribution in [3.63, 3.8) is 0 Å². The van der Waals surface area contributed by atoms with Crippen molar-refractivity contribution in [3.8, 4) is 0 Å². The molecule has 4 heteroatoms. The van der Waals surface area contributed by atoms with Crippen LogP contribution in [0.5, 0.6) is 0 Å². The second-order valence-electron chi connectivity index (χ2n) is 7.60. The van der Waals surface area contributed by atoms with Gasteiger partial charge in [-0.2, -0.15) is 0 Å². The summed E-state index contributed by atoms with van der Waals surface area (Å²) in [6, 6.07) is 21.8. The van der Waals surface area contributed by atoms with Gasteiger partial charge >= 0.3 is 0 Å². The van der Waals surface area contributed by atoms with Crippen LogP contribution in [0, 0.1) is 0 Å². The molecule has 0 spiro atoms. The Kier molecular flexibility index (Phi) is 7.41. The normalized spacial score (nSPS) is 17.5. The van der Waals surface area contributed by atoms with Gasteiger partial charge < -0.3 is 9.84 Å². The smallest absolute Gasteiger partial charge is 0.0900 e. The minimum Gasteiger partial charge on any atom is -0.389 e. The van der Waals surface area contributed by atoms with Gasteiger partial charge in [0, 0.05) is 32.7 Å². The van der Waals surface area contributed by atoms with Gasteiger partial charge in [0.1, 0.15) is 0 Å². The molecule has 1 N–H and O–H groups in total. The lowest BCUT2D eigenvalue weighted by Gasteiger charge is -2.40. The Morgan fingerprint density at radius 1 is 0.852 bits per heavy atom. The fraction of sp³-hybridized carbons (Fsp3) is 0.478. The van der Waals surface area contributed by atoms with Gasteiger partial charge in [-0.1, -0.05) is 60.7 Å². The first-order valence-corrected chi connectivity index (χ1v) is 9.99. The number of β-amino-alcohol motifs (C(OH)–C–C–N with tert-alkyl or cyclic N) is 1. The minimum atomic E-state index is -0.419. The van der Waals surface area contributed by atoms with E-state index in [4.69, 9.17) is 4.74 Å². The number of hydrogen-bond donors (Lipinski definition) is 1. The van der Waals surface area contributed by atoms with Crippen molar-refractivity contribution in [2.75, 3.05) is 39.3 Å². The Balaban J connectivity index is 1.62. The summed E-state index contributed by atoms with van der Waals surface area (Å²) in [4.78, 5) is 4.90. The van der Waals surface area contributed by atoms with E-state index >= 15 is 0 Å². The molecular formula is C23H32N2O2. The summed E-state index contributed by atoms with van der Waals surface area (Å²) in [5.74, 6) is 0. The number of hydrogen-bond acceptors (Lipinski definition) is 4. The number of piperazine rings is 1. The third-order valence-corrected chi connectivity index (χ3v) is 5.09. The molecule has 0 radical (unpaired) electrons. The molecule has 1 aliphatic heterocycles. The van der Waals surface area contributed by atoms with Crippen molar-refractivity contribution < 1.29 is 9.84 Å². The summed E-state index contributed by atoms with van der Waals surface area (Å²) in [6.45, 7) is 9.01. The van der Waals surface area contributed by atoms with Crippen LogP contribution in [0.2, 0.25) is 0 Å². The molecule has 0 aliphatic carbocycles. The van der Waals surface area contributed by atoms with E-state index in [1.165, 1.54) is 11.1 Å². The van der Waals surface area contributed by atoms with Gasteiger partial charge in [0.2, 0.25) is 0 Å². The molecule has 27 heavy (non-hydrogen) atoms. The predicted molar refractivity (Wildman–Crippen MR) is 110 cm³/mol. The van der Waals surface area contributed by atoms with Gasteiger partial charge in [0.25, 0.3) is 0 Å². The Labute approximate surface area is 163 Å². The molecule has 0 saturated carbocycles. The average molecular weight is 369 g/mol. The first-order valence-electron chi connectivity index (χ1n) is 9.99. The maximum absolute atomic E-state index is 10.2. The van der Waals surface area contributed by atoms with Crippen LogP contribution in [0.1, 0.15) is 31.0 Å². The van der Waals surface area contributed by atoms with Gasteiger partial charge in [-0.3, -0.25) is 9.80 Å². The number of ether oxygens (including phenoxy) is 1. The molecule has 0 aromatic heterocycles. The standard InChI is InChI=1S/C23H32N2O2/c1-19(2)27-18-22(26)17-24-13-15-25(16-14-24)23(20-9-5-3-6-10-20)21-11-7-4-8-12-21/h3-12,19,22-23,26H,13-18H2,1-2H3/t22-/m1/s1. The summed E-state index contributed by atoms with van der Waals surface area (Å²) < 4.78 is 5.53. The van der Waals surface area contributed by atoms with Gasteiger partial charge in [0.05, 0.1) is 24.9 Å². The Bertz CT molecular complexity index is 615. The highest BCUT2D eigenvalue weighted by Gasteiger charge is 2.27. The van der Waals surface area contributed by atoms with Crippen molar-refractivity contribution in [1.82, 2.24) is 9.80 Å². The SMILES string of the molecule is CC(C)OC[C@H](O)CN1CCN(C(c2ccccc2)c2ccccc2)CC1. The van der Waals surface area contributed by atoms with Crippen LogP contribution < -0.4 is 0 Å². The van der Waals surface area contributed by atoms with Crippen LogP contribution in [-0.4, -0.2) is 66.4 Å². The van der Waals surface area contributed by atoms with E-state index in [0.29, 0.717) is 13.2 Å². The third kappa shape index (κ3) is 5.88. The summed E-state index contributed by atoms with van der Waals surface area (Å²) in [5, 5.41) is 10.2. The number of nitrogens with zero attached hydrogens (tertiary/aromatic N) is 2. The maximum atomic E-state index is 10.2. The van der Waals surface area contributed by atoms with Crippen molar-refractivity contribution in [3.05, 3.63) is 71.8 Å². The lowest BCUT2D eigenvalue weighted by atomic mass is 9.96. The lowest BCUT2D eigenvalue weighted by Crippen LogP contribution is -2.50. The predicted octanol–water partition coefficient (Wildman–Crippen LogP) is 3.18. The minimum absolute atomic E-state index is 0.161. The third-order valence-electron chi connectivity index (χ3n) is 5.09. The first kappa shape index (κ1) is 20.0. The molecular weight excluding hydrogens is 336 g/mol. The second-order valence-corrected chi connectivity index (χ2v) is 7.60. The summed E-state index contributed by atoms with van der Waals surface area (Å²) in [5.41, 5.74) is 2.67. The zero-order valence-corrected chi connectivity index (χ0v) is 16.5. The number of rotatable bonds is 8.